The number of halogens is 2. The van der Waals surface area contributed by atoms with E-state index in [0.29, 0.717) is 59.0 Å². The molecule has 1 atom stereocenters. The van der Waals surface area contributed by atoms with Crippen LogP contribution in [0, 0.1) is 5.82 Å². The largest absolute Gasteiger partial charge is 0.491 e. The van der Waals surface area contributed by atoms with E-state index in [0.717, 1.165) is 68.3 Å². The quantitative estimate of drug-likeness (QED) is 0.0596. The number of piperidine rings is 1. The molecule has 3 aliphatic heterocycles. The summed E-state index contributed by atoms with van der Waals surface area (Å²) < 4.78 is 19.9. The molecule has 0 bridgehead atoms. The van der Waals surface area contributed by atoms with E-state index in [4.69, 9.17) is 16.3 Å². The van der Waals surface area contributed by atoms with Gasteiger partial charge in [-0.2, -0.15) is 0 Å². The molecule has 4 amide bonds. The second kappa shape index (κ2) is 17.8. The minimum atomic E-state index is -0.615. The highest BCUT2D eigenvalue weighted by molar-refractivity contribution is 7.99. The predicted molar refractivity (Wildman–Crippen MR) is 214 cm³/mol. The van der Waals surface area contributed by atoms with E-state index in [-0.39, 0.29) is 29.2 Å². The third-order valence-electron chi connectivity index (χ3n) is 10.1. The molecule has 292 valence electrons. The Morgan fingerprint density at radius 1 is 1.05 bits per heavy atom. The van der Waals surface area contributed by atoms with Crippen LogP contribution in [0.3, 0.4) is 0 Å². The number of nitrogens with one attached hydrogen (secondary N) is 3. The average Bonchev–Trinajstić information content (AvgIpc) is 3.53. The summed E-state index contributed by atoms with van der Waals surface area (Å²) in [6.07, 6.45) is 4.99. The molecule has 1 unspecified atom stereocenters. The number of ether oxygens (including phenoxy) is 1. The van der Waals surface area contributed by atoms with Crippen molar-refractivity contribution in [2.75, 3.05) is 62.3 Å². The third kappa shape index (κ3) is 9.13. The first-order valence-corrected chi connectivity index (χ1v) is 19.9. The first-order valence-electron chi connectivity index (χ1n) is 18.6. The second-order valence-electron chi connectivity index (χ2n) is 13.8. The third-order valence-corrected chi connectivity index (χ3v) is 11.6. The van der Waals surface area contributed by atoms with Crippen LogP contribution in [0.1, 0.15) is 41.6 Å². The van der Waals surface area contributed by atoms with Crippen molar-refractivity contribution in [2.24, 2.45) is 0 Å². The van der Waals surface area contributed by atoms with Gasteiger partial charge in [0.05, 0.1) is 22.8 Å². The van der Waals surface area contributed by atoms with Crippen molar-refractivity contribution in [3.63, 3.8) is 0 Å². The highest BCUT2D eigenvalue weighted by Gasteiger charge is 2.39. The topological polar surface area (TPSA) is 149 Å². The van der Waals surface area contributed by atoms with Crippen LogP contribution >= 0.6 is 23.4 Å². The number of imide groups is 1. The van der Waals surface area contributed by atoms with Crippen molar-refractivity contribution in [1.29, 1.82) is 0 Å². The van der Waals surface area contributed by atoms with E-state index in [1.165, 1.54) is 24.5 Å². The summed E-state index contributed by atoms with van der Waals surface area (Å²) in [6.45, 7) is 10.1. The lowest BCUT2D eigenvalue weighted by Crippen LogP contribution is -2.52. The van der Waals surface area contributed by atoms with Gasteiger partial charge in [0.15, 0.2) is 0 Å². The first-order chi connectivity index (χ1) is 27.2. The average molecular weight is 801 g/mol. The maximum Gasteiger partial charge on any atom is 0.255 e. The summed E-state index contributed by atoms with van der Waals surface area (Å²) in [4.78, 5) is 65.9. The van der Waals surface area contributed by atoms with Crippen LogP contribution in [0.25, 0.3) is 10.9 Å². The number of hydrogen-bond donors (Lipinski definition) is 3. The molecule has 2 saturated heterocycles. The lowest BCUT2D eigenvalue weighted by atomic mass is 10.0. The molecule has 7 rings (SSSR count). The molecule has 1 aromatic heterocycles. The standard InChI is InChI=1S/C40H42ClFN8O5S/c1-2-36(51)46-32-21-27-31(43-24-44-38(27)45-25-8-9-30(42)29(41)20-25)22-34(32)55-18-4-12-48-14-16-49(17-15-48)13-5-19-56-35-7-3-6-26-28(35)23-50(40(26)54)33-10-11-37(52)47-39(33)53/h2-3,6-9,20-22,24,33H,1,4-5,10-19,23H2,(H,46,51)(H,43,44,45)(H,47,52,53). The van der Waals surface area contributed by atoms with Gasteiger partial charge in [-0.1, -0.05) is 24.2 Å². The highest BCUT2D eigenvalue weighted by Crippen LogP contribution is 2.36. The Balaban J connectivity index is 0.857. The number of aromatic nitrogens is 2. The van der Waals surface area contributed by atoms with Crippen LogP contribution in [0.2, 0.25) is 5.02 Å². The molecule has 13 nitrogen and oxygen atoms in total. The first kappa shape index (κ1) is 39.2. The molecule has 16 heteroatoms. The van der Waals surface area contributed by atoms with Gasteiger partial charge in [-0.15, -0.1) is 11.8 Å². The van der Waals surface area contributed by atoms with E-state index in [1.807, 2.05) is 18.2 Å². The highest BCUT2D eigenvalue weighted by atomic mass is 35.5. The number of carbonyl (C=O) groups is 4. The number of thioether (sulfide) groups is 1. The van der Waals surface area contributed by atoms with Gasteiger partial charge >= 0.3 is 0 Å². The zero-order chi connectivity index (χ0) is 39.2. The molecule has 3 aliphatic rings. The molecule has 0 spiro atoms. The van der Waals surface area contributed by atoms with Crippen LogP contribution < -0.4 is 20.7 Å². The Hall–Kier alpha value is -5.09. The number of rotatable bonds is 15. The van der Waals surface area contributed by atoms with Gasteiger partial charge in [0.25, 0.3) is 5.91 Å². The molecular weight excluding hydrogens is 759 g/mol. The van der Waals surface area contributed by atoms with Crippen molar-refractivity contribution in [1.82, 2.24) is 30.0 Å². The molecule has 0 radical (unpaired) electrons. The van der Waals surface area contributed by atoms with Crippen LogP contribution in [-0.2, 0) is 20.9 Å². The molecule has 4 aromatic rings. The lowest BCUT2D eigenvalue weighted by molar-refractivity contribution is -0.137. The Bertz CT molecular complexity index is 2170. The van der Waals surface area contributed by atoms with E-state index in [1.54, 1.807) is 34.9 Å². The number of benzene rings is 3. The fraction of sp³-hybridized carbons (Fsp3) is 0.350. The van der Waals surface area contributed by atoms with Crippen molar-refractivity contribution in [3.8, 4) is 5.75 Å². The summed E-state index contributed by atoms with van der Waals surface area (Å²) >= 11 is 7.72. The number of fused-ring (bicyclic) bond motifs is 2. The second-order valence-corrected chi connectivity index (χ2v) is 15.3. The van der Waals surface area contributed by atoms with Crippen molar-refractivity contribution < 1.29 is 28.3 Å². The number of hydrogen-bond acceptors (Lipinski definition) is 11. The normalized spacial score (nSPS) is 17.5. The Labute approximate surface area is 333 Å². The molecule has 3 N–H and O–H groups in total. The Morgan fingerprint density at radius 2 is 1.84 bits per heavy atom. The van der Waals surface area contributed by atoms with Crippen LogP contribution in [0.4, 0.5) is 21.6 Å². The summed E-state index contributed by atoms with van der Waals surface area (Å²) in [5.41, 5.74) is 3.19. The monoisotopic (exact) mass is 800 g/mol. The minimum absolute atomic E-state index is 0.0211. The van der Waals surface area contributed by atoms with Crippen molar-refractivity contribution >= 4 is 75.1 Å². The predicted octanol–water partition coefficient (Wildman–Crippen LogP) is 5.62. The van der Waals surface area contributed by atoms with Gasteiger partial charge in [-0.3, -0.25) is 24.5 Å². The fourth-order valence-corrected chi connectivity index (χ4v) is 8.36. The smallest absolute Gasteiger partial charge is 0.255 e. The lowest BCUT2D eigenvalue weighted by Gasteiger charge is -2.34. The zero-order valence-corrected chi connectivity index (χ0v) is 32.3. The summed E-state index contributed by atoms with van der Waals surface area (Å²) in [5.74, 6) is 0.0957. The number of piperazine rings is 1. The van der Waals surface area contributed by atoms with Crippen molar-refractivity contribution in [2.45, 2.75) is 43.2 Å². The molecule has 3 aromatic carbocycles. The number of amides is 4. The zero-order valence-electron chi connectivity index (χ0n) is 30.7. The number of nitrogens with zero attached hydrogens (tertiary/aromatic N) is 5. The summed E-state index contributed by atoms with van der Waals surface area (Å²) in [6, 6.07) is 12.9. The number of carbonyl (C=O) groups excluding carboxylic acids is 4. The molecule has 2 fully saturated rings. The summed E-state index contributed by atoms with van der Waals surface area (Å²) in [5, 5.41) is 8.94. The molecular formula is C40H42ClFN8O5S. The van der Waals surface area contributed by atoms with Gasteiger partial charge in [-0.25, -0.2) is 14.4 Å². The van der Waals surface area contributed by atoms with Gasteiger partial charge in [0.1, 0.15) is 29.8 Å². The Kier molecular flexibility index (Phi) is 12.4. The summed E-state index contributed by atoms with van der Waals surface area (Å²) in [7, 11) is 0. The molecule has 0 aliphatic carbocycles. The Morgan fingerprint density at radius 3 is 2.59 bits per heavy atom. The maximum atomic E-state index is 13.7. The van der Waals surface area contributed by atoms with Crippen LogP contribution in [-0.4, -0.2) is 106 Å². The van der Waals surface area contributed by atoms with Crippen molar-refractivity contribution in [3.05, 3.63) is 89.5 Å². The van der Waals surface area contributed by atoms with Gasteiger partial charge in [-0.05, 0) is 79.6 Å². The van der Waals surface area contributed by atoms with E-state index < -0.39 is 17.8 Å². The minimum Gasteiger partial charge on any atom is -0.491 e. The SMILES string of the molecule is C=CC(=O)Nc1cc2c(Nc3ccc(F)c(Cl)c3)ncnc2cc1OCCCN1CCN(CCCSc2cccc3c2CN(C2CCC(=O)NC2=O)C3=O)CC1. The van der Waals surface area contributed by atoms with Gasteiger partial charge < -0.3 is 30.1 Å². The van der Waals surface area contributed by atoms with E-state index in [9.17, 15) is 23.6 Å². The van der Waals surface area contributed by atoms with E-state index in [2.05, 4.69) is 42.3 Å². The van der Waals surface area contributed by atoms with Gasteiger partial charge in [0.2, 0.25) is 17.7 Å². The van der Waals surface area contributed by atoms with E-state index >= 15 is 0 Å². The molecule has 0 saturated carbocycles. The van der Waals surface area contributed by atoms with Gasteiger partial charge in [0, 0.05) is 73.3 Å². The molecule has 4 heterocycles. The van der Waals surface area contributed by atoms with Crippen LogP contribution in [0.5, 0.6) is 5.75 Å². The fourth-order valence-electron chi connectivity index (χ4n) is 7.16. The number of anilines is 3. The molecule has 56 heavy (non-hydrogen) atoms. The van der Waals surface area contributed by atoms with Crippen LogP contribution in [0.15, 0.2) is 72.4 Å². The maximum absolute atomic E-state index is 13.7.